The van der Waals surface area contributed by atoms with Gasteiger partial charge in [-0.15, -0.1) is 0 Å². The molecule has 3 rings (SSSR count). The van der Waals surface area contributed by atoms with E-state index in [4.69, 9.17) is 5.73 Å². The number of nitrogens with two attached hydrogens (primary N) is 1. The van der Waals surface area contributed by atoms with Gasteiger partial charge in [0.25, 0.3) is 0 Å². The Morgan fingerprint density at radius 1 is 1.19 bits per heavy atom. The monoisotopic (exact) mass is 366 g/mol. The van der Waals surface area contributed by atoms with E-state index in [1.807, 2.05) is 48.7 Å². The molecular formula is C21H26N4O2. The summed E-state index contributed by atoms with van der Waals surface area (Å²) >= 11 is 0. The zero-order valence-electron chi connectivity index (χ0n) is 15.4. The highest BCUT2D eigenvalue weighted by atomic mass is 16.2. The first kappa shape index (κ1) is 19.0. The molecule has 1 fully saturated rings. The van der Waals surface area contributed by atoms with Crippen LogP contribution in [0.5, 0.6) is 0 Å². The molecule has 1 aliphatic rings. The maximum Gasteiger partial charge on any atom is 0.240 e. The van der Waals surface area contributed by atoms with Gasteiger partial charge in [0.15, 0.2) is 0 Å². The van der Waals surface area contributed by atoms with E-state index in [0.717, 1.165) is 37.1 Å². The summed E-state index contributed by atoms with van der Waals surface area (Å²) in [5.74, 6) is -0.636. The lowest BCUT2D eigenvalue weighted by atomic mass is 10.0. The average Bonchev–Trinajstić information content (AvgIpc) is 3.09. The molecule has 2 amide bonds. The molecule has 1 aliphatic heterocycles. The van der Waals surface area contributed by atoms with Crippen molar-refractivity contribution in [3.63, 3.8) is 0 Å². The van der Waals surface area contributed by atoms with Crippen molar-refractivity contribution in [3.8, 4) is 0 Å². The number of benzene rings is 1. The van der Waals surface area contributed by atoms with Crippen molar-refractivity contribution in [2.45, 2.75) is 44.3 Å². The van der Waals surface area contributed by atoms with Gasteiger partial charge in [-0.05, 0) is 36.6 Å². The number of amides is 2. The molecule has 142 valence electrons. The third-order valence-corrected chi connectivity index (χ3v) is 4.99. The van der Waals surface area contributed by atoms with Crippen molar-refractivity contribution in [1.29, 1.82) is 0 Å². The summed E-state index contributed by atoms with van der Waals surface area (Å²) in [6, 6.07) is 13.0. The Labute approximate surface area is 159 Å². The Morgan fingerprint density at radius 2 is 1.96 bits per heavy atom. The van der Waals surface area contributed by atoms with Crippen molar-refractivity contribution >= 4 is 11.8 Å². The summed E-state index contributed by atoms with van der Waals surface area (Å²) in [6.45, 7) is 1.76. The van der Waals surface area contributed by atoms with E-state index in [2.05, 4.69) is 15.2 Å². The zero-order valence-corrected chi connectivity index (χ0v) is 15.4. The number of hydrogen-bond acceptors (Lipinski definition) is 4. The predicted molar refractivity (Wildman–Crippen MR) is 104 cm³/mol. The molecule has 1 aromatic carbocycles. The van der Waals surface area contributed by atoms with Gasteiger partial charge in [0.1, 0.15) is 6.04 Å². The van der Waals surface area contributed by atoms with Crippen LogP contribution in [-0.4, -0.2) is 40.3 Å². The molecule has 1 saturated heterocycles. The van der Waals surface area contributed by atoms with Gasteiger partial charge in [0.2, 0.25) is 11.8 Å². The van der Waals surface area contributed by atoms with Crippen molar-refractivity contribution in [2.24, 2.45) is 5.73 Å². The van der Waals surface area contributed by atoms with Gasteiger partial charge in [-0.3, -0.25) is 19.5 Å². The van der Waals surface area contributed by atoms with E-state index in [1.165, 1.54) is 0 Å². The molecule has 2 heterocycles. The second-order valence-electron chi connectivity index (χ2n) is 7.04. The lowest BCUT2D eigenvalue weighted by Crippen LogP contribution is -2.47. The van der Waals surface area contributed by atoms with Gasteiger partial charge in [0.05, 0.1) is 0 Å². The van der Waals surface area contributed by atoms with Crippen LogP contribution in [0.25, 0.3) is 0 Å². The smallest absolute Gasteiger partial charge is 0.240 e. The fourth-order valence-electron chi connectivity index (χ4n) is 3.60. The SMILES string of the molecule is NC(=O)[C@H](Cc1ccccc1)NC(=O)C[C@@H]1CCCN1Cc1cccnc1. The molecule has 0 spiro atoms. The van der Waals surface area contributed by atoms with E-state index in [0.29, 0.717) is 12.8 Å². The number of aromatic nitrogens is 1. The van der Waals surface area contributed by atoms with E-state index in [1.54, 1.807) is 6.20 Å². The third-order valence-electron chi connectivity index (χ3n) is 4.99. The topological polar surface area (TPSA) is 88.3 Å². The molecule has 0 unspecified atom stereocenters. The fourth-order valence-corrected chi connectivity index (χ4v) is 3.60. The van der Waals surface area contributed by atoms with Crippen LogP contribution < -0.4 is 11.1 Å². The normalized spacial score (nSPS) is 18.1. The van der Waals surface area contributed by atoms with Crippen molar-refractivity contribution in [1.82, 2.24) is 15.2 Å². The van der Waals surface area contributed by atoms with Crippen LogP contribution in [0.2, 0.25) is 0 Å². The lowest BCUT2D eigenvalue weighted by molar-refractivity contribution is -0.128. The molecule has 6 nitrogen and oxygen atoms in total. The highest BCUT2D eigenvalue weighted by molar-refractivity contribution is 5.87. The first-order valence-corrected chi connectivity index (χ1v) is 9.37. The highest BCUT2D eigenvalue weighted by Gasteiger charge is 2.28. The van der Waals surface area contributed by atoms with Crippen LogP contribution in [0.15, 0.2) is 54.9 Å². The molecule has 27 heavy (non-hydrogen) atoms. The average molecular weight is 366 g/mol. The molecule has 6 heteroatoms. The summed E-state index contributed by atoms with van der Waals surface area (Å²) in [5.41, 5.74) is 7.61. The summed E-state index contributed by atoms with van der Waals surface area (Å²) in [7, 11) is 0. The van der Waals surface area contributed by atoms with Crippen molar-refractivity contribution in [2.75, 3.05) is 6.54 Å². The number of carbonyl (C=O) groups is 2. The zero-order chi connectivity index (χ0) is 19.1. The molecule has 0 saturated carbocycles. The number of nitrogens with one attached hydrogen (secondary N) is 1. The summed E-state index contributed by atoms with van der Waals surface area (Å²) in [6.07, 6.45) is 6.45. The van der Waals surface area contributed by atoms with Crippen LogP contribution in [0.3, 0.4) is 0 Å². The molecule has 2 aromatic rings. The standard InChI is InChI=1S/C21H26N4O2/c22-21(27)19(12-16-6-2-1-3-7-16)24-20(26)13-18-9-5-11-25(18)15-17-8-4-10-23-14-17/h1-4,6-8,10,14,18-19H,5,9,11-13,15H2,(H2,22,27)(H,24,26)/t18-,19-/m0/s1. The number of nitrogens with zero attached hydrogens (tertiary/aromatic N) is 2. The molecule has 3 N–H and O–H groups in total. The maximum atomic E-state index is 12.5. The van der Waals surface area contributed by atoms with E-state index >= 15 is 0 Å². The fraction of sp³-hybridized carbons (Fsp3) is 0.381. The van der Waals surface area contributed by atoms with Crippen LogP contribution in [0, 0.1) is 0 Å². The van der Waals surface area contributed by atoms with Gasteiger partial charge in [-0.25, -0.2) is 0 Å². The number of primary amides is 1. The van der Waals surface area contributed by atoms with Gasteiger partial charge in [-0.2, -0.15) is 0 Å². The second kappa shape index (κ2) is 9.28. The van der Waals surface area contributed by atoms with Gasteiger partial charge in [0, 0.05) is 37.8 Å². The minimum Gasteiger partial charge on any atom is -0.368 e. The Balaban J connectivity index is 1.55. The second-order valence-corrected chi connectivity index (χ2v) is 7.04. The van der Waals surface area contributed by atoms with E-state index in [9.17, 15) is 9.59 Å². The number of rotatable bonds is 8. The summed E-state index contributed by atoms with van der Waals surface area (Å²) in [5, 5.41) is 2.82. The maximum absolute atomic E-state index is 12.5. The Morgan fingerprint density at radius 3 is 2.67 bits per heavy atom. The molecule has 0 aliphatic carbocycles. The number of hydrogen-bond donors (Lipinski definition) is 2. The van der Waals surface area contributed by atoms with Crippen LogP contribution in [-0.2, 0) is 22.6 Å². The van der Waals surface area contributed by atoms with E-state index in [-0.39, 0.29) is 11.9 Å². The van der Waals surface area contributed by atoms with Crippen LogP contribution in [0.1, 0.15) is 30.4 Å². The Bertz CT molecular complexity index is 751. The van der Waals surface area contributed by atoms with Crippen molar-refractivity contribution in [3.05, 3.63) is 66.0 Å². The quantitative estimate of drug-likeness (QED) is 0.743. The van der Waals surface area contributed by atoms with Gasteiger partial charge < -0.3 is 11.1 Å². The molecule has 0 bridgehead atoms. The molecule has 1 aromatic heterocycles. The number of carbonyl (C=O) groups excluding carboxylic acids is 2. The minimum atomic E-state index is -0.687. The summed E-state index contributed by atoms with van der Waals surface area (Å²) in [4.78, 5) is 30.8. The lowest BCUT2D eigenvalue weighted by Gasteiger charge is -2.25. The molecule has 0 radical (unpaired) electrons. The largest absolute Gasteiger partial charge is 0.368 e. The third kappa shape index (κ3) is 5.62. The number of likely N-dealkylation sites (tertiary alicyclic amines) is 1. The molecular weight excluding hydrogens is 340 g/mol. The van der Waals surface area contributed by atoms with E-state index < -0.39 is 11.9 Å². The highest BCUT2D eigenvalue weighted by Crippen LogP contribution is 2.22. The minimum absolute atomic E-state index is 0.127. The van der Waals surface area contributed by atoms with Gasteiger partial charge in [-0.1, -0.05) is 36.4 Å². The van der Waals surface area contributed by atoms with Crippen molar-refractivity contribution < 1.29 is 9.59 Å². The van der Waals surface area contributed by atoms with Gasteiger partial charge >= 0.3 is 0 Å². The Hall–Kier alpha value is -2.73. The Kier molecular flexibility index (Phi) is 6.54. The first-order valence-electron chi connectivity index (χ1n) is 9.37. The predicted octanol–water partition coefficient (Wildman–Crippen LogP) is 1.65. The molecule has 2 atom stereocenters. The van der Waals surface area contributed by atoms with Crippen LogP contribution >= 0.6 is 0 Å². The van der Waals surface area contributed by atoms with Crippen LogP contribution in [0.4, 0.5) is 0 Å². The number of pyridine rings is 1. The first-order chi connectivity index (χ1) is 13.1. The summed E-state index contributed by atoms with van der Waals surface area (Å²) < 4.78 is 0.